The summed E-state index contributed by atoms with van der Waals surface area (Å²) < 4.78 is 1.36. The Hall–Kier alpha value is -1.83. The summed E-state index contributed by atoms with van der Waals surface area (Å²) in [4.78, 5) is 10.5. The van der Waals surface area contributed by atoms with Crippen molar-refractivity contribution < 1.29 is 9.90 Å². The van der Waals surface area contributed by atoms with E-state index in [9.17, 15) is 4.79 Å². The first-order valence-corrected chi connectivity index (χ1v) is 3.87. The molecular weight excluding hydrogens is 170 g/mol. The van der Waals surface area contributed by atoms with Crippen LogP contribution in [-0.4, -0.2) is 20.9 Å². The van der Waals surface area contributed by atoms with E-state index in [0.717, 1.165) is 0 Å². The number of carboxylic acids is 1. The van der Waals surface area contributed by atoms with Crippen LogP contribution in [0.5, 0.6) is 0 Å². The van der Waals surface area contributed by atoms with E-state index < -0.39 is 5.97 Å². The highest BCUT2D eigenvalue weighted by atomic mass is 16.4. The quantitative estimate of drug-likeness (QED) is 0.752. The van der Waals surface area contributed by atoms with Crippen LogP contribution in [0.25, 0.3) is 0 Å². The second kappa shape index (κ2) is 3.72. The molecule has 5 heteroatoms. The van der Waals surface area contributed by atoms with Crippen LogP contribution in [0.4, 0.5) is 0 Å². The number of carbonyl (C=O) groups is 1. The summed E-state index contributed by atoms with van der Waals surface area (Å²) in [6.45, 7) is 1.84. The van der Waals surface area contributed by atoms with Crippen molar-refractivity contribution >= 4 is 5.97 Å². The van der Waals surface area contributed by atoms with E-state index in [4.69, 9.17) is 10.4 Å². The Labute approximate surface area is 75.2 Å². The third-order valence-corrected chi connectivity index (χ3v) is 1.68. The second-order valence-electron chi connectivity index (χ2n) is 2.54. The minimum Gasteiger partial charge on any atom is -0.476 e. The largest absolute Gasteiger partial charge is 0.476 e. The number of aromatic carboxylic acids is 1. The van der Waals surface area contributed by atoms with Gasteiger partial charge in [0.15, 0.2) is 5.69 Å². The predicted octanol–water partition coefficient (Wildman–Crippen LogP) is 1.06. The SMILES string of the molecule is CCC(C#N)n1ccc(C(=O)O)n1. The zero-order chi connectivity index (χ0) is 9.84. The van der Waals surface area contributed by atoms with Crippen molar-refractivity contribution in [3.63, 3.8) is 0 Å². The van der Waals surface area contributed by atoms with Crippen LogP contribution >= 0.6 is 0 Å². The van der Waals surface area contributed by atoms with Gasteiger partial charge in [0.1, 0.15) is 6.04 Å². The molecule has 1 atom stereocenters. The Bertz CT molecular complexity index is 351. The number of carboxylic acid groups (broad SMARTS) is 1. The number of nitriles is 1. The molecule has 0 aliphatic rings. The molecule has 1 aromatic rings. The smallest absolute Gasteiger partial charge is 0.356 e. The number of hydrogen-bond donors (Lipinski definition) is 1. The molecule has 0 radical (unpaired) electrons. The van der Waals surface area contributed by atoms with E-state index in [1.807, 2.05) is 13.0 Å². The van der Waals surface area contributed by atoms with Gasteiger partial charge in [-0.1, -0.05) is 6.92 Å². The third kappa shape index (κ3) is 1.85. The molecule has 0 bridgehead atoms. The van der Waals surface area contributed by atoms with Crippen LogP contribution in [0.15, 0.2) is 12.3 Å². The lowest BCUT2D eigenvalue weighted by Gasteiger charge is -2.04. The van der Waals surface area contributed by atoms with Gasteiger partial charge in [0, 0.05) is 6.20 Å². The van der Waals surface area contributed by atoms with Gasteiger partial charge in [-0.2, -0.15) is 10.4 Å². The molecule has 13 heavy (non-hydrogen) atoms. The van der Waals surface area contributed by atoms with Gasteiger partial charge in [0.25, 0.3) is 0 Å². The highest BCUT2D eigenvalue weighted by molar-refractivity contribution is 5.85. The van der Waals surface area contributed by atoms with Crippen molar-refractivity contribution in [1.82, 2.24) is 9.78 Å². The van der Waals surface area contributed by atoms with Gasteiger partial charge in [-0.05, 0) is 12.5 Å². The molecular formula is C8H9N3O2. The molecule has 0 aliphatic heterocycles. The summed E-state index contributed by atoms with van der Waals surface area (Å²) >= 11 is 0. The van der Waals surface area contributed by atoms with E-state index in [0.29, 0.717) is 6.42 Å². The monoisotopic (exact) mass is 179 g/mol. The highest BCUT2D eigenvalue weighted by Gasteiger charge is 2.11. The lowest BCUT2D eigenvalue weighted by molar-refractivity contribution is 0.0689. The van der Waals surface area contributed by atoms with Crippen LogP contribution in [-0.2, 0) is 0 Å². The normalized spacial score (nSPS) is 12.0. The zero-order valence-corrected chi connectivity index (χ0v) is 7.14. The zero-order valence-electron chi connectivity index (χ0n) is 7.14. The van der Waals surface area contributed by atoms with Gasteiger partial charge in [-0.25, -0.2) is 4.79 Å². The Balaban J connectivity index is 2.92. The molecule has 1 unspecified atom stereocenters. The summed E-state index contributed by atoms with van der Waals surface area (Å²) in [6, 6.07) is 3.02. The fraction of sp³-hybridized carbons (Fsp3) is 0.375. The molecule has 1 aromatic heterocycles. The van der Waals surface area contributed by atoms with Gasteiger partial charge < -0.3 is 5.11 Å². The topological polar surface area (TPSA) is 78.9 Å². The van der Waals surface area contributed by atoms with Crippen molar-refractivity contribution in [2.75, 3.05) is 0 Å². The molecule has 0 aromatic carbocycles. The highest BCUT2D eigenvalue weighted by Crippen LogP contribution is 2.08. The van der Waals surface area contributed by atoms with Crippen LogP contribution in [0.1, 0.15) is 29.9 Å². The van der Waals surface area contributed by atoms with E-state index >= 15 is 0 Å². The molecule has 1 rings (SSSR count). The molecule has 0 fully saturated rings. The van der Waals surface area contributed by atoms with Gasteiger partial charge in [-0.3, -0.25) is 4.68 Å². The maximum atomic E-state index is 10.5. The van der Waals surface area contributed by atoms with Crippen LogP contribution in [0.3, 0.4) is 0 Å². The van der Waals surface area contributed by atoms with E-state index in [2.05, 4.69) is 5.10 Å². The fourth-order valence-electron chi connectivity index (χ4n) is 0.963. The number of hydrogen-bond acceptors (Lipinski definition) is 3. The minimum absolute atomic E-state index is 0.0336. The number of aromatic nitrogens is 2. The Morgan fingerprint density at radius 2 is 2.62 bits per heavy atom. The van der Waals surface area contributed by atoms with E-state index in [-0.39, 0.29) is 11.7 Å². The molecule has 1 N–H and O–H groups in total. The summed E-state index contributed by atoms with van der Waals surface area (Å²) in [6.07, 6.45) is 2.11. The molecule has 0 aliphatic carbocycles. The average Bonchev–Trinajstić information content (AvgIpc) is 2.56. The van der Waals surface area contributed by atoms with Crippen LogP contribution in [0.2, 0.25) is 0 Å². The van der Waals surface area contributed by atoms with Crippen molar-refractivity contribution in [1.29, 1.82) is 5.26 Å². The van der Waals surface area contributed by atoms with Crippen molar-refractivity contribution in [3.8, 4) is 6.07 Å². The van der Waals surface area contributed by atoms with Gasteiger partial charge in [0.2, 0.25) is 0 Å². The molecule has 5 nitrogen and oxygen atoms in total. The number of rotatable bonds is 3. The van der Waals surface area contributed by atoms with E-state index in [1.165, 1.54) is 16.9 Å². The van der Waals surface area contributed by atoms with Crippen molar-refractivity contribution in [3.05, 3.63) is 18.0 Å². The van der Waals surface area contributed by atoms with Gasteiger partial charge >= 0.3 is 5.97 Å². The molecule has 1 heterocycles. The Morgan fingerprint density at radius 1 is 1.92 bits per heavy atom. The second-order valence-corrected chi connectivity index (χ2v) is 2.54. The summed E-state index contributed by atoms with van der Waals surface area (Å²) in [5, 5.41) is 21.0. The molecule has 68 valence electrons. The third-order valence-electron chi connectivity index (χ3n) is 1.68. The fourth-order valence-corrected chi connectivity index (χ4v) is 0.963. The van der Waals surface area contributed by atoms with Crippen molar-refractivity contribution in [2.45, 2.75) is 19.4 Å². The molecule has 0 amide bonds. The lowest BCUT2D eigenvalue weighted by atomic mass is 10.3. The first-order chi connectivity index (χ1) is 6.19. The maximum absolute atomic E-state index is 10.5. The molecule has 0 spiro atoms. The number of nitrogens with zero attached hydrogens (tertiary/aromatic N) is 3. The lowest BCUT2D eigenvalue weighted by Crippen LogP contribution is -2.08. The first kappa shape index (κ1) is 9.26. The predicted molar refractivity (Wildman–Crippen MR) is 44.1 cm³/mol. The summed E-state index contributed by atoms with van der Waals surface area (Å²) in [7, 11) is 0. The first-order valence-electron chi connectivity index (χ1n) is 3.87. The Kier molecular flexibility index (Phi) is 2.65. The molecule has 0 saturated carbocycles. The maximum Gasteiger partial charge on any atom is 0.356 e. The van der Waals surface area contributed by atoms with Gasteiger partial charge in [-0.15, -0.1) is 0 Å². The van der Waals surface area contributed by atoms with Gasteiger partial charge in [0.05, 0.1) is 6.07 Å². The minimum atomic E-state index is -1.08. The van der Waals surface area contributed by atoms with Crippen LogP contribution in [0, 0.1) is 11.3 Å². The van der Waals surface area contributed by atoms with Crippen LogP contribution < -0.4 is 0 Å². The average molecular weight is 179 g/mol. The molecule has 0 saturated heterocycles. The Morgan fingerprint density at radius 3 is 3.00 bits per heavy atom. The summed E-state index contributed by atoms with van der Waals surface area (Å²) in [5.41, 5.74) is -0.0336. The van der Waals surface area contributed by atoms with E-state index in [1.54, 1.807) is 0 Å². The standard InChI is InChI=1S/C8H9N3O2/c1-2-6(5-9)11-4-3-7(10-11)8(12)13/h3-4,6H,2H2,1H3,(H,12,13). The summed E-state index contributed by atoms with van der Waals surface area (Å²) in [5.74, 6) is -1.08. The van der Waals surface area contributed by atoms with Crippen molar-refractivity contribution in [2.24, 2.45) is 0 Å².